The van der Waals surface area contributed by atoms with Gasteiger partial charge in [0.05, 0.1) is 51.2 Å². The molecule has 0 N–H and O–H groups in total. The van der Waals surface area contributed by atoms with Gasteiger partial charge in [-0.2, -0.15) is 0 Å². The summed E-state index contributed by atoms with van der Waals surface area (Å²) in [5.41, 5.74) is 12.5. The molecule has 6 aromatic heterocycles. The number of fused-ring (bicyclic) bond motifs is 5. The van der Waals surface area contributed by atoms with Crippen LogP contribution in [-0.4, -0.2) is 39.9 Å². The average molecular weight is 955 g/mol. The Bertz CT molecular complexity index is 3900. The lowest BCUT2D eigenvalue weighted by molar-refractivity contribution is 0.477. The number of benzene rings is 6. The minimum atomic E-state index is 0.460. The van der Waals surface area contributed by atoms with Gasteiger partial charge in [0.1, 0.15) is 11.4 Å². The summed E-state index contributed by atoms with van der Waals surface area (Å²) >= 11 is 0. The van der Waals surface area contributed by atoms with Gasteiger partial charge in [-0.15, -0.1) is 0 Å². The maximum absolute atomic E-state index is 6.66. The molecule has 12 aromatic rings. The van der Waals surface area contributed by atoms with Crippen LogP contribution in [0.4, 0.5) is 34.1 Å². The largest absolute Gasteiger partial charge is 0.453 e. The maximum atomic E-state index is 6.66. The predicted molar refractivity (Wildman–Crippen MR) is 288 cm³/mol. The molecule has 0 aliphatic carbocycles. The number of hydrogen-bond donors (Lipinski definition) is 0. The molecule has 348 valence electrons. The molecule has 0 saturated heterocycles. The molecule has 0 spiro atoms. The Hall–Kier alpha value is -10.5. The molecule has 0 unspecified atom stereocenters. The Balaban J connectivity index is 1.13. The normalized spacial score (nSPS) is 12.2. The van der Waals surface area contributed by atoms with Crippen LogP contribution in [0, 0.1) is 0 Å². The van der Waals surface area contributed by atoms with E-state index in [2.05, 4.69) is 68.3 Å². The van der Waals surface area contributed by atoms with Gasteiger partial charge < -0.3 is 19.3 Å². The van der Waals surface area contributed by atoms with E-state index in [1.807, 2.05) is 158 Å². The Labute approximate surface area is 424 Å². The number of ether oxygens (including phenoxy) is 2. The average Bonchev–Trinajstić information content (AvgIpc) is 3.48. The Morgan fingerprint density at radius 2 is 0.770 bits per heavy atom. The van der Waals surface area contributed by atoms with Gasteiger partial charge in [0, 0.05) is 70.5 Å². The van der Waals surface area contributed by atoms with Crippen molar-refractivity contribution in [1.29, 1.82) is 0 Å². The summed E-state index contributed by atoms with van der Waals surface area (Å²) in [6, 6.07) is 64.9. The Kier molecular flexibility index (Phi) is 10.2. The van der Waals surface area contributed by atoms with E-state index in [0.29, 0.717) is 45.8 Å². The molecule has 12 nitrogen and oxygen atoms in total. The smallest absolute Gasteiger partial charge is 0.179 e. The van der Waals surface area contributed by atoms with Gasteiger partial charge in [-0.1, -0.05) is 60.7 Å². The second kappa shape index (κ2) is 17.7. The number of aromatic nitrogens is 8. The van der Waals surface area contributed by atoms with E-state index < -0.39 is 0 Å². The van der Waals surface area contributed by atoms with Crippen LogP contribution < -0.4 is 19.3 Å². The topological polar surface area (TPSA) is 128 Å². The highest BCUT2D eigenvalue weighted by Crippen LogP contribution is 2.56. The van der Waals surface area contributed by atoms with E-state index in [4.69, 9.17) is 39.4 Å². The highest BCUT2D eigenvalue weighted by molar-refractivity contribution is 6.11. The summed E-state index contributed by atoms with van der Waals surface area (Å²) in [6.07, 6.45) is 10.7. The lowest BCUT2D eigenvalue weighted by atomic mass is 9.93. The molecular weight excluding hydrogens is 917 g/mol. The lowest BCUT2D eigenvalue weighted by Gasteiger charge is -2.36. The van der Waals surface area contributed by atoms with Crippen LogP contribution in [0.25, 0.3) is 78.8 Å². The highest BCUT2D eigenvalue weighted by Gasteiger charge is 2.32. The summed E-state index contributed by atoms with van der Waals surface area (Å²) in [4.78, 5) is 44.0. The fourth-order valence-corrected chi connectivity index (χ4v) is 9.77. The van der Waals surface area contributed by atoms with Crippen molar-refractivity contribution in [3.8, 4) is 91.1 Å². The first-order valence-electron chi connectivity index (χ1n) is 24.0. The van der Waals surface area contributed by atoms with Crippen molar-refractivity contribution in [2.45, 2.75) is 0 Å². The quantitative estimate of drug-likeness (QED) is 0.144. The molecule has 12 heteroatoms. The van der Waals surface area contributed by atoms with E-state index in [1.165, 1.54) is 0 Å². The van der Waals surface area contributed by atoms with Crippen LogP contribution >= 0.6 is 0 Å². The summed E-state index contributed by atoms with van der Waals surface area (Å²) in [6.45, 7) is 0. The molecule has 6 aromatic carbocycles. The molecule has 0 radical (unpaired) electrons. The number of para-hydroxylation sites is 8. The third kappa shape index (κ3) is 7.49. The van der Waals surface area contributed by atoms with Crippen molar-refractivity contribution < 1.29 is 9.47 Å². The van der Waals surface area contributed by atoms with Crippen LogP contribution in [0.3, 0.4) is 0 Å². The molecule has 14 rings (SSSR count). The number of anilines is 6. The third-order valence-electron chi connectivity index (χ3n) is 13.1. The van der Waals surface area contributed by atoms with E-state index in [1.54, 1.807) is 24.8 Å². The van der Waals surface area contributed by atoms with Gasteiger partial charge in [-0.05, 0) is 139 Å². The van der Waals surface area contributed by atoms with E-state index in [9.17, 15) is 0 Å². The molecule has 2 aliphatic rings. The molecular formula is C62H38N10O2. The van der Waals surface area contributed by atoms with Gasteiger partial charge in [0.15, 0.2) is 34.6 Å². The molecule has 2 aliphatic heterocycles. The predicted octanol–water partition coefficient (Wildman–Crippen LogP) is 15.2. The minimum Gasteiger partial charge on any atom is -0.453 e. The van der Waals surface area contributed by atoms with Gasteiger partial charge in [-0.25, -0.2) is 19.9 Å². The monoisotopic (exact) mass is 954 g/mol. The second-order valence-electron chi connectivity index (χ2n) is 17.7. The molecule has 8 heterocycles. The van der Waals surface area contributed by atoms with Crippen molar-refractivity contribution >= 4 is 44.9 Å². The Morgan fingerprint density at radius 1 is 0.311 bits per heavy atom. The first-order valence-corrected chi connectivity index (χ1v) is 24.0. The van der Waals surface area contributed by atoms with E-state index in [-0.39, 0.29) is 0 Å². The van der Waals surface area contributed by atoms with Gasteiger partial charge in [0.2, 0.25) is 0 Å². The molecule has 0 amide bonds. The zero-order valence-electron chi connectivity index (χ0n) is 39.2. The van der Waals surface area contributed by atoms with Crippen molar-refractivity contribution in [3.05, 3.63) is 231 Å². The van der Waals surface area contributed by atoms with Crippen molar-refractivity contribution in [3.63, 3.8) is 0 Å². The van der Waals surface area contributed by atoms with Crippen LogP contribution in [-0.2, 0) is 0 Å². The van der Waals surface area contributed by atoms with Crippen LogP contribution in [0.15, 0.2) is 231 Å². The number of nitrogens with zero attached hydrogens (tertiary/aromatic N) is 10. The van der Waals surface area contributed by atoms with Crippen LogP contribution in [0.5, 0.6) is 23.0 Å². The lowest BCUT2D eigenvalue weighted by Crippen LogP contribution is -2.18. The van der Waals surface area contributed by atoms with Crippen LogP contribution in [0.1, 0.15) is 0 Å². The minimum absolute atomic E-state index is 0.460. The zero-order chi connectivity index (χ0) is 49.0. The molecule has 74 heavy (non-hydrogen) atoms. The SMILES string of the molecule is c1ccc(-c2nc(-c3cccnc3)cc(-c3cc(-c4cc(-c5cccnc5)nc(-c5ccccn5)n4)c4cc(N5c6ccccc6Oc6ccccc65)cc(N5c6ccccc6Oc6ccccc65)c4c3)n2)nc1. The zero-order valence-corrected chi connectivity index (χ0v) is 39.2. The van der Waals surface area contributed by atoms with Crippen molar-refractivity contribution in [1.82, 2.24) is 39.9 Å². The molecule has 0 fully saturated rings. The number of rotatable bonds is 8. The fraction of sp³-hybridized carbons (Fsp3) is 0. The highest BCUT2D eigenvalue weighted by atomic mass is 16.5. The number of hydrogen-bond acceptors (Lipinski definition) is 12. The maximum Gasteiger partial charge on any atom is 0.179 e. The first kappa shape index (κ1) is 42.4. The summed E-state index contributed by atoms with van der Waals surface area (Å²) in [7, 11) is 0. The number of pyridine rings is 4. The van der Waals surface area contributed by atoms with E-state index in [0.717, 1.165) is 90.1 Å². The standard InChI is InChI=1S/C62H38N10O2/c1-5-23-57-52(19-1)71(53-20-2-6-24-58(53)73-57)42-33-43-44(51-36-49(40-16-14-28-64-38-40)68-62(70-51)47-18-10-12-30-66-47)31-41(50-35-48(39-15-13-27-63-37-39)67-61(69-50)46-17-9-11-29-65-46)32-45(43)56(34-42)72-54-21-3-7-25-59(54)74-60-26-8-4-22-55(60)72/h1-38H. The summed E-state index contributed by atoms with van der Waals surface area (Å²) < 4.78 is 13.3. The summed E-state index contributed by atoms with van der Waals surface area (Å²) in [5, 5.41) is 1.81. The first-order chi connectivity index (χ1) is 36.7. The van der Waals surface area contributed by atoms with Crippen LogP contribution in [0.2, 0.25) is 0 Å². The molecule has 0 saturated carbocycles. The molecule has 0 atom stereocenters. The van der Waals surface area contributed by atoms with Gasteiger partial charge >= 0.3 is 0 Å². The van der Waals surface area contributed by atoms with Gasteiger partial charge in [0.25, 0.3) is 0 Å². The fourth-order valence-electron chi connectivity index (χ4n) is 9.77. The Morgan fingerprint density at radius 3 is 1.26 bits per heavy atom. The molecule has 0 bridgehead atoms. The van der Waals surface area contributed by atoms with Gasteiger partial charge in [-0.3, -0.25) is 19.9 Å². The van der Waals surface area contributed by atoms with Crippen molar-refractivity contribution in [2.75, 3.05) is 9.80 Å². The third-order valence-corrected chi connectivity index (χ3v) is 13.1. The van der Waals surface area contributed by atoms with Crippen molar-refractivity contribution in [2.24, 2.45) is 0 Å². The second-order valence-corrected chi connectivity index (χ2v) is 17.7. The summed E-state index contributed by atoms with van der Waals surface area (Å²) in [5.74, 6) is 3.84. The van der Waals surface area contributed by atoms with E-state index >= 15 is 0 Å².